The summed E-state index contributed by atoms with van der Waals surface area (Å²) in [5.41, 5.74) is 0. The molecule has 6 heteroatoms. The molecule has 2 aliphatic rings. The standard InChI is InChI=1S/C13H18O6/c1-17-11(14)8-5-6-4-7(8)10(13(16)19-3)9(6)12(15)18-2/h6-10H,4-5H2,1-3H3. The van der Waals surface area contributed by atoms with Crippen molar-refractivity contribution in [2.75, 3.05) is 21.3 Å². The molecule has 2 rings (SSSR count). The number of carbonyl (C=O) groups is 3. The van der Waals surface area contributed by atoms with Crippen molar-refractivity contribution < 1.29 is 28.6 Å². The van der Waals surface area contributed by atoms with E-state index in [1.54, 1.807) is 0 Å². The van der Waals surface area contributed by atoms with Gasteiger partial charge in [-0.25, -0.2) is 0 Å². The zero-order valence-corrected chi connectivity index (χ0v) is 11.3. The number of esters is 3. The van der Waals surface area contributed by atoms with Crippen LogP contribution in [0, 0.1) is 29.6 Å². The summed E-state index contributed by atoms with van der Waals surface area (Å²) < 4.78 is 14.3. The van der Waals surface area contributed by atoms with Gasteiger partial charge in [-0.15, -0.1) is 0 Å². The van der Waals surface area contributed by atoms with E-state index in [0.29, 0.717) is 12.8 Å². The lowest BCUT2D eigenvalue weighted by Gasteiger charge is -2.31. The summed E-state index contributed by atoms with van der Waals surface area (Å²) in [7, 11) is 3.93. The molecule has 2 saturated carbocycles. The van der Waals surface area contributed by atoms with Crippen molar-refractivity contribution in [3.8, 4) is 0 Å². The molecule has 0 amide bonds. The Morgan fingerprint density at radius 3 is 1.84 bits per heavy atom. The summed E-state index contributed by atoms with van der Waals surface area (Å²) in [6.07, 6.45) is 1.24. The van der Waals surface area contributed by atoms with Gasteiger partial charge in [0.15, 0.2) is 0 Å². The fourth-order valence-corrected chi connectivity index (χ4v) is 3.72. The largest absolute Gasteiger partial charge is 0.469 e. The van der Waals surface area contributed by atoms with E-state index in [-0.39, 0.29) is 23.7 Å². The molecule has 2 aliphatic carbocycles. The first-order valence-corrected chi connectivity index (χ1v) is 6.28. The van der Waals surface area contributed by atoms with Crippen molar-refractivity contribution in [3.05, 3.63) is 0 Å². The third-order valence-corrected chi connectivity index (χ3v) is 4.46. The number of fused-ring (bicyclic) bond motifs is 2. The molecule has 0 heterocycles. The number of carbonyl (C=O) groups excluding carboxylic acids is 3. The molecule has 0 saturated heterocycles. The van der Waals surface area contributed by atoms with Gasteiger partial charge in [-0.2, -0.15) is 0 Å². The summed E-state index contributed by atoms with van der Waals surface area (Å²) >= 11 is 0. The second-order valence-electron chi connectivity index (χ2n) is 5.12. The average molecular weight is 270 g/mol. The molecule has 0 aromatic carbocycles. The van der Waals surface area contributed by atoms with E-state index in [2.05, 4.69) is 0 Å². The fourth-order valence-electron chi connectivity index (χ4n) is 3.72. The Bertz CT molecular complexity index is 404. The lowest BCUT2D eigenvalue weighted by molar-refractivity contribution is -0.164. The molecule has 5 atom stereocenters. The van der Waals surface area contributed by atoms with Gasteiger partial charge in [0.1, 0.15) is 0 Å². The molecule has 19 heavy (non-hydrogen) atoms. The SMILES string of the molecule is COC(=O)C1CC2CC1C(C(=O)OC)C2C(=O)OC. The van der Waals surface area contributed by atoms with Gasteiger partial charge in [0.25, 0.3) is 0 Å². The molecule has 2 fully saturated rings. The van der Waals surface area contributed by atoms with Gasteiger partial charge in [0.2, 0.25) is 0 Å². The lowest BCUT2D eigenvalue weighted by Crippen LogP contribution is -2.41. The smallest absolute Gasteiger partial charge is 0.309 e. The van der Waals surface area contributed by atoms with Crippen LogP contribution in [0.25, 0.3) is 0 Å². The van der Waals surface area contributed by atoms with Crippen molar-refractivity contribution in [2.24, 2.45) is 29.6 Å². The number of rotatable bonds is 3. The first-order chi connectivity index (χ1) is 9.04. The van der Waals surface area contributed by atoms with E-state index in [0.717, 1.165) is 0 Å². The van der Waals surface area contributed by atoms with Crippen molar-refractivity contribution in [1.82, 2.24) is 0 Å². The third kappa shape index (κ3) is 2.09. The first-order valence-electron chi connectivity index (χ1n) is 6.28. The molecule has 0 radical (unpaired) electrons. The number of hydrogen-bond donors (Lipinski definition) is 0. The number of hydrogen-bond acceptors (Lipinski definition) is 6. The van der Waals surface area contributed by atoms with Crippen molar-refractivity contribution in [1.29, 1.82) is 0 Å². The summed E-state index contributed by atoms with van der Waals surface area (Å²) in [6, 6.07) is 0. The minimum Gasteiger partial charge on any atom is -0.469 e. The molecule has 0 spiro atoms. The van der Waals surface area contributed by atoms with Crippen LogP contribution in [0.1, 0.15) is 12.8 Å². The maximum absolute atomic E-state index is 11.9. The van der Waals surface area contributed by atoms with Crippen molar-refractivity contribution in [3.63, 3.8) is 0 Å². The molecule has 0 aromatic rings. The monoisotopic (exact) mass is 270 g/mol. The topological polar surface area (TPSA) is 78.9 Å². The van der Waals surface area contributed by atoms with Crippen LogP contribution in [0.3, 0.4) is 0 Å². The molecule has 2 bridgehead atoms. The minimum absolute atomic E-state index is 0.00866. The summed E-state index contributed by atoms with van der Waals surface area (Å²) in [6.45, 7) is 0. The average Bonchev–Trinajstić information content (AvgIpc) is 3.02. The Labute approximate surface area is 111 Å². The van der Waals surface area contributed by atoms with Crippen molar-refractivity contribution in [2.45, 2.75) is 12.8 Å². The van der Waals surface area contributed by atoms with Crippen LogP contribution < -0.4 is 0 Å². The highest BCUT2D eigenvalue weighted by atomic mass is 16.5. The van der Waals surface area contributed by atoms with E-state index in [9.17, 15) is 14.4 Å². The highest BCUT2D eigenvalue weighted by Crippen LogP contribution is 2.56. The zero-order chi connectivity index (χ0) is 14.2. The quantitative estimate of drug-likeness (QED) is 0.545. The molecule has 0 aromatic heterocycles. The van der Waals surface area contributed by atoms with Gasteiger partial charge >= 0.3 is 17.9 Å². The highest BCUT2D eigenvalue weighted by Gasteiger charge is 2.60. The molecular formula is C13H18O6. The van der Waals surface area contributed by atoms with Gasteiger partial charge in [0.05, 0.1) is 39.1 Å². The Morgan fingerprint density at radius 1 is 0.789 bits per heavy atom. The highest BCUT2D eigenvalue weighted by molar-refractivity contribution is 5.85. The lowest BCUT2D eigenvalue weighted by atomic mass is 9.74. The second-order valence-corrected chi connectivity index (χ2v) is 5.12. The third-order valence-electron chi connectivity index (χ3n) is 4.46. The number of methoxy groups -OCH3 is 3. The van der Waals surface area contributed by atoms with Crippen LogP contribution in [-0.2, 0) is 28.6 Å². The molecule has 0 aliphatic heterocycles. The predicted octanol–water partition coefficient (Wildman–Crippen LogP) is 0.394. The molecule has 6 nitrogen and oxygen atoms in total. The Morgan fingerprint density at radius 2 is 1.32 bits per heavy atom. The number of ether oxygens (including phenoxy) is 3. The van der Waals surface area contributed by atoms with E-state index in [4.69, 9.17) is 14.2 Å². The summed E-state index contributed by atoms with van der Waals surface area (Å²) in [5.74, 6) is -2.77. The van der Waals surface area contributed by atoms with Crippen molar-refractivity contribution >= 4 is 17.9 Å². The van der Waals surface area contributed by atoms with Gasteiger partial charge in [-0.05, 0) is 24.7 Å². The molecule has 106 valence electrons. The Hall–Kier alpha value is -1.59. The minimum atomic E-state index is -0.597. The maximum atomic E-state index is 11.9. The van der Waals surface area contributed by atoms with Gasteiger partial charge in [-0.1, -0.05) is 0 Å². The van der Waals surface area contributed by atoms with Crippen LogP contribution in [0.15, 0.2) is 0 Å². The normalized spacial score (nSPS) is 35.8. The Kier molecular flexibility index (Phi) is 3.78. The van der Waals surface area contributed by atoms with Crippen LogP contribution in [-0.4, -0.2) is 39.2 Å². The van der Waals surface area contributed by atoms with Gasteiger partial charge in [-0.3, -0.25) is 14.4 Å². The summed E-state index contributed by atoms with van der Waals surface area (Å²) in [4.78, 5) is 35.5. The maximum Gasteiger partial charge on any atom is 0.309 e. The molecule has 0 N–H and O–H groups in total. The molecular weight excluding hydrogens is 252 g/mol. The van der Waals surface area contributed by atoms with Crippen LogP contribution >= 0.6 is 0 Å². The fraction of sp³-hybridized carbons (Fsp3) is 0.769. The predicted molar refractivity (Wildman–Crippen MR) is 62.7 cm³/mol. The zero-order valence-electron chi connectivity index (χ0n) is 11.3. The van der Waals surface area contributed by atoms with Crippen LogP contribution in [0.2, 0.25) is 0 Å². The first kappa shape index (κ1) is 13.8. The second kappa shape index (κ2) is 5.19. The van der Waals surface area contributed by atoms with Crippen LogP contribution in [0.4, 0.5) is 0 Å². The van der Waals surface area contributed by atoms with Crippen LogP contribution in [0.5, 0.6) is 0 Å². The summed E-state index contributed by atoms with van der Waals surface area (Å²) in [5, 5.41) is 0. The van der Waals surface area contributed by atoms with Gasteiger partial charge < -0.3 is 14.2 Å². The molecule has 5 unspecified atom stereocenters. The van der Waals surface area contributed by atoms with E-state index >= 15 is 0 Å². The van der Waals surface area contributed by atoms with E-state index < -0.39 is 23.8 Å². The van der Waals surface area contributed by atoms with E-state index in [1.807, 2.05) is 0 Å². The van der Waals surface area contributed by atoms with Gasteiger partial charge in [0, 0.05) is 0 Å². The Balaban J connectivity index is 2.26. The van der Waals surface area contributed by atoms with E-state index in [1.165, 1.54) is 21.3 Å².